The van der Waals surface area contributed by atoms with Crippen LogP contribution in [0.1, 0.15) is 30.6 Å². The highest BCUT2D eigenvalue weighted by Crippen LogP contribution is 2.16. The largest absolute Gasteiger partial charge is 0.354 e. The Morgan fingerprint density at radius 3 is 2.50 bits per heavy atom. The zero-order chi connectivity index (χ0) is 19.7. The van der Waals surface area contributed by atoms with Gasteiger partial charge >= 0.3 is 0 Å². The molecular formula is C19H30ClN3O2S. The smallest absolute Gasteiger partial charge is 0.253 e. The second-order valence-corrected chi connectivity index (χ2v) is 8.80. The minimum atomic E-state index is -0.582. The average Bonchev–Trinajstić information content (AvgIpc) is 2.55. The zero-order valence-corrected chi connectivity index (χ0v) is 17.8. The second kappa shape index (κ2) is 10.8. The van der Waals surface area contributed by atoms with Crippen molar-refractivity contribution in [2.45, 2.75) is 26.3 Å². The van der Waals surface area contributed by atoms with Crippen molar-refractivity contribution in [3.05, 3.63) is 34.9 Å². The first-order valence-electron chi connectivity index (χ1n) is 8.63. The maximum absolute atomic E-state index is 12.7. The number of halogens is 1. The number of benzene rings is 1. The summed E-state index contributed by atoms with van der Waals surface area (Å²) in [4.78, 5) is 27.2. The molecule has 0 bridgehead atoms. The Labute approximate surface area is 166 Å². The van der Waals surface area contributed by atoms with Crippen molar-refractivity contribution in [2.24, 2.45) is 5.41 Å². The lowest BCUT2D eigenvalue weighted by Crippen LogP contribution is -2.50. The quantitative estimate of drug-likeness (QED) is 0.635. The first-order valence-corrected chi connectivity index (χ1v) is 10.4. The number of carbonyl (C=O) groups excluding carboxylic acids is 2. The van der Waals surface area contributed by atoms with Gasteiger partial charge in [-0.3, -0.25) is 9.59 Å². The topological polar surface area (TPSA) is 61.4 Å². The molecule has 0 aromatic heterocycles. The molecule has 1 atom stereocenters. The molecule has 0 saturated heterocycles. The Hall–Kier alpha value is -1.24. The number of thioether (sulfide) groups is 1. The molecule has 0 saturated carbocycles. The van der Waals surface area contributed by atoms with Gasteiger partial charge in [0.25, 0.3) is 5.91 Å². The molecule has 5 nitrogen and oxygen atoms in total. The summed E-state index contributed by atoms with van der Waals surface area (Å²) >= 11 is 7.73. The fourth-order valence-electron chi connectivity index (χ4n) is 2.75. The molecular weight excluding hydrogens is 370 g/mol. The van der Waals surface area contributed by atoms with Crippen molar-refractivity contribution in [3.63, 3.8) is 0 Å². The van der Waals surface area contributed by atoms with Gasteiger partial charge in [-0.1, -0.05) is 37.6 Å². The molecule has 146 valence electrons. The van der Waals surface area contributed by atoms with E-state index in [1.54, 1.807) is 36.0 Å². The molecule has 0 spiro atoms. The van der Waals surface area contributed by atoms with Crippen LogP contribution in [0.25, 0.3) is 0 Å². The Morgan fingerprint density at radius 2 is 1.92 bits per heavy atom. The van der Waals surface area contributed by atoms with Gasteiger partial charge in [0.05, 0.1) is 10.6 Å². The van der Waals surface area contributed by atoms with E-state index in [0.717, 1.165) is 12.3 Å². The molecule has 0 fully saturated rings. The third kappa shape index (κ3) is 7.98. The van der Waals surface area contributed by atoms with Crippen molar-refractivity contribution in [1.82, 2.24) is 15.5 Å². The lowest BCUT2D eigenvalue weighted by molar-refractivity contribution is -0.123. The summed E-state index contributed by atoms with van der Waals surface area (Å²) in [5, 5.41) is 6.19. The minimum Gasteiger partial charge on any atom is -0.354 e. The van der Waals surface area contributed by atoms with Crippen LogP contribution in [-0.2, 0) is 4.79 Å². The van der Waals surface area contributed by atoms with E-state index in [0.29, 0.717) is 23.6 Å². The van der Waals surface area contributed by atoms with E-state index in [1.807, 2.05) is 20.4 Å². The second-order valence-electron chi connectivity index (χ2n) is 7.41. The molecule has 0 heterocycles. The number of rotatable bonds is 10. The molecule has 7 heteroatoms. The van der Waals surface area contributed by atoms with Gasteiger partial charge in [0.2, 0.25) is 5.91 Å². The highest BCUT2D eigenvalue weighted by Gasteiger charge is 2.25. The Balaban J connectivity index is 2.74. The van der Waals surface area contributed by atoms with Crippen molar-refractivity contribution in [2.75, 3.05) is 39.2 Å². The summed E-state index contributed by atoms with van der Waals surface area (Å²) in [5.41, 5.74) is 0.319. The van der Waals surface area contributed by atoms with Crippen LogP contribution in [0.2, 0.25) is 5.02 Å². The highest BCUT2D eigenvalue weighted by molar-refractivity contribution is 7.98. The first kappa shape index (κ1) is 22.8. The minimum absolute atomic E-state index is 0.0596. The van der Waals surface area contributed by atoms with E-state index >= 15 is 0 Å². The van der Waals surface area contributed by atoms with Gasteiger partial charge < -0.3 is 15.5 Å². The normalized spacial score (nSPS) is 12.7. The predicted octanol–water partition coefficient (Wildman–Crippen LogP) is 2.90. The summed E-state index contributed by atoms with van der Waals surface area (Å²) in [6, 6.07) is 6.26. The van der Waals surface area contributed by atoms with Gasteiger partial charge in [-0.2, -0.15) is 11.8 Å². The van der Waals surface area contributed by atoms with E-state index < -0.39 is 6.04 Å². The van der Waals surface area contributed by atoms with E-state index in [2.05, 4.69) is 29.4 Å². The van der Waals surface area contributed by atoms with E-state index in [1.165, 1.54) is 0 Å². The summed E-state index contributed by atoms with van der Waals surface area (Å²) in [7, 11) is 4.02. The van der Waals surface area contributed by atoms with Crippen LogP contribution in [0.3, 0.4) is 0 Å². The van der Waals surface area contributed by atoms with Gasteiger partial charge in [0.15, 0.2) is 0 Å². The fraction of sp³-hybridized carbons (Fsp3) is 0.579. The maximum atomic E-state index is 12.7. The molecule has 0 aliphatic heterocycles. The Morgan fingerprint density at radius 1 is 1.27 bits per heavy atom. The van der Waals surface area contributed by atoms with Gasteiger partial charge in [0.1, 0.15) is 6.04 Å². The lowest BCUT2D eigenvalue weighted by atomic mass is 9.93. The molecule has 2 amide bonds. The SMILES string of the molecule is CSCCC(NC(=O)c1ccccc1Cl)C(=O)NCC(C)(C)CN(C)C. The number of hydrogen-bond acceptors (Lipinski definition) is 4. The molecule has 26 heavy (non-hydrogen) atoms. The van der Waals surface area contributed by atoms with Crippen LogP contribution in [0.15, 0.2) is 24.3 Å². The summed E-state index contributed by atoms with van der Waals surface area (Å²) in [5.74, 6) is 0.290. The maximum Gasteiger partial charge on any atom is 0.253 e. The monoisotopic (exact) mass is 399 g/mol. The fourth-order valence-corrected chi connectivity index (χ4v) is 3.44. The molecule has 0 aliphatic carbocycles. The average molecular weight is 400 g/mol. The Bertz CT molecular complexity index is 608. The van der Waals surface area contributed by atoms with Crippen LogP contribution < -0.4 is 10.6 Å². The lowest BCUT2D eigenvalue weighted by Gasteiger charge is -2.29. The summed E-state index contributed by atoms with van der Waals surface area (Å²) in [6.45, 7) is 5.61. The van der Waals surface area contributed by atoms with Crippen LogP contribution in [0.4, 0.5) is 0 Å². The molecule has 1 rings (SSSR count). The third-order valence-corrected chi connectivity index (χ3v) is 4.81. The van der Waals surface area contributed by atoms with Crippen molar-refractivity contribution < 1.29 is 9.59 Å². The van der Waals surface area contributed by atoms with Crippen molar-refractivity contribution >= 4 is 35.2 Å². The molecule has 1 aromatic rings. The molecule has 1 aromatic carbocycles. The van der Waals surface area contributed by atoms with E-state index in [9.17, 15) is 9.59 Å². The summed E-state index contributed by atoms with van der Waals surface area (Å²) in [6.07, 6.45) is 2.54. The summed E-state index contributed by atoms with van der Waals surface area (Å²) < 4.78 is 0. The van der Waals surface area contributed by atoms with Gasteiger partial charge in [-0.25, -0.2) is 0 Å². The van der Waals surface area contributed by atoms with Crippen molar-refractivity contribution in [3.8, 4) is 0 Å². The number of nitrogens with one attached hydrogen (secondary N) is 2. The predicted molar refractivity (Wildman–Crippen MR) is 111 cm³/mol. The number of nitrogens with zero attached hydrogens (tertiary/aromatic N) is 1. The zero-order valence-electron chi connectivity index (χ0n) is 16.3. The van der Waals surface area contributed by atoms with Crippen LogP contribution >= 0.6 is 23.4 Å². The number of amides is 2. The van der Waals surface area contributed by atoms with Crippen LogP contribution in [-0.4, -0.2) is 61.9 Å². The molecule has 1 unspecified atom stereocenters. The van der Waals surface area contributed by atoms with Crippen molar-refractivity contribution in [1.29, 1.82) is 0 Å². The standard InChI is InChI=1S/C19H30ClN3O2S/c1-19(2,13-23(3)4)12-21-18(25)16(10-11-26-5)22-17(24)14-8-6-7-9-15(14)20/h6-9,16H,10-13H2,1-5H3,(H,21,25)(H,22,24). The van der Waals surface area contributed by atoms with Crippen LogP contribution in [0, 0.1) is 5.41 Å². The van der Waals surface area contributed by atoms with E-state index in [-0.39, 0.29) is 17.2 Å². The van der Waals surface area contributed by atoms with Gasteiger partial charge in [0, 0.05) is 13.1 Å². The molecule has 0 radical (unpaired) electrons. The Kier molecular flexibility index (Phi) is 9.47. The molecule has 2 N–H and O–H groups in total. The third-order valence-electron chi connectivity index (χ3n) is 3.84. The highest BCUT2D eigenvalue weighted by atomic mass is 35.5. The van der Waals surface area contributed by atoms with Crippen LogP contribution in [0.5, 0.6) is 0 Å². The van der Waals surface area contributed by atoms with E-state index in [4.69, 9.17) is 11.6 Å². The van der Waals surface area contributed by atoms with Gasteiger partial charge in [-0.05, 0) is 50.1 Å². The molecule has 0 aliphatic rings. The first-order chi connectivity index (χ1) is 12.2. The van der Waals surface area contributed by atoms with Gasteiger partial charge in [-0.15, -0.1) is 0 Å². The number of carbonyl (C=O) groups is 2. The number of hydrogen-bond donors (Lipinski definition) is 2.